The molecule has 4 rings (SSSR count). The number of nitrogens with one attached hydrogen (secondary N) is 2. The highest BCUT2D eigenvalue weighted by Crippen LogP contribution is 2.31. The molecule has 0 bridgehead atoms. The molecule has 2 heterocycles. The molecule has 2 atom stereocenters. The average molecular weight is 444 g/mol. The Hall–Kier alpha value is -3.04. The summed E-state index contributed by atoms with van der Waals surface area (Å²) in [6.07, 6.45) is 0. The lowest BCUT2D eigenvalue weighted by Gasteiger charge is -2.37. The van der Waals surface area contributed by atoms with Crippen LogP contribution in [-0.4, -0.2) is 35.9 Å². The maximum atomic E-state index is 14.0. The van der Waals surface area contributed by atoms with Crippen LogP contribution < -0.4 is 21.3 Å². The van der Waals surface area contributed by atoms with Crippen LogP contribution in [-0.2, 0) is 0 Å². The normalized spacial score (nSPS) is 18.8. The van der Waals surface area contributed by atoms with Gasteiger partial charge in [0.25, 0.3) is 0 Å². The van der Waals surface area contributed by atoms with Crippen molar-refractivity contribution < 1.29 is 13.6 Å². The molecular formula is C22H23F2N5OS. The van der Waals surface area contributed by atoms with E-state index in [-0.39, 0.29) is 10.7 Å². The van der Waals surface area contributed by atoms with Crippen LogP contribution in [0.15, 0.2) is 42.5 Å². The van der Waals surface area contributed by atoms with Gasteiger partial charge in [-0.3, -0.25) is 4.79 Å². The highest BCUT2D eigenvalue weighted by Gasteiger charge is 2.24. The molecule has 0 aliphatic carbocycles. The fraction of sp³-hybridized carbons (Fsp3) is 0.273. The number of hydrogen-bond acceptors (Lipinski definition) is 7. The fourth-order valence-corrected chi connectivity index (χ4v) is 4.64. The number of nitrogens with two attached hydrogens (primary N) is 1. The highest BCUT2D eigenvalue weighted by atomic mass is 32.1. The molecule has 0 amide bonds. The summed E-state index contributed by atoms with van der Waals surface area (Å²) < 4.78 is 27.9. The Morgan fingerprint density at radius 3 is 2.35 bits per heavy atom. The number of benzene rings is 2. The Labute approximate surface area is 183 Å². The van der Waals surface area contributed by atoms with Crippen LogP contribution in [0.2, 0.25) is 0 Å². The Morgan fingerprint density at radius 2 is 1.74 bits per heavy atom. The van der Waals surface area contributed by atoms with Gasteiger partial charge >= 0.3 is 0 Å². The van der Waals surface area contributed by atoms with Gasteiger partial charge in [0, 0.05) is 36.5 Å². The van der Waals surface area contributed by atoms with Crippen LogP contribution in [0, 0.1) is 11.6 Å². The molecule has 4 N–H and O–H groups in total. The summed E-state index contributed by atoms with van der Waals surface area (Å²) in [5, 5.41) is 6.99. The van der Waals surface area contributed by atoms with Crippen LogP contribution in [0.25, 0.3) is 0 Å². The highest BCUT2D eigenvalue weighted by molar-refractivity contribution is 7.18. The van der Waals surface area contributed by atoms with Gasteiger partial charge in [-0.15, -0.1) is 0 Å². The summed E-state index contributed by atoms with van der Waals surface area (Å²) in [5.74, 6) is -2.75. The van der Waals surface area contributed by atoms with Gasteiger partial charge in [-0.05, 0) is 50.2 Å². The number of rotatable bonds is 5. The van der Waals surface area contributed by atoms with E-state index in [1.54, 1.807) is 0 Å². The monoisotopic (exact) mass is 443 g/mol. The predicted molar refractivity (Wildman–Crippen MR) is 120 cm³/mol. The van der Waals surface area contributed by atoms with Crippen LogP contribution in [0.4, 0.5) is 31.1 Å². The van der Waals surface area contributed by atoms with E-state index in [1.807, 2.05) is 24.3 Å². The Balaban J connectivity index is 1.50. The van der Waals surface area contributed by atoms with Gasteiger partial charge in [0.15, 0.2) is 5.13 Å². The van der Waals surface area contributed by atoms with E-state index in [4.69, 9.17) is 5.73 Å². The quantitative estimate of drug-likeness (QED) is 0.514. The maximum Gasteiger partial charge on any atom is 0.212 e. The van der Waals surface area contributed by atoms with E-state index < -0.39 is 23.0 Å². The Bertz CT molecular complexity index is 1070. The molecule has 9 heteroatoms. The molecule has 2 aromatic carbocycles. The second-order valence-corrected chi connectivity index (χ2v) is 8.70. The molecule has 0 unspecified atom stereocenters. The number of nitrogens with zero attached hydrogens (tertiary/aromatic N) is 2. The molecule has 162 valence electrons. The van der Waals surface area contributed by atoms with Crippen LogP contribution >= 0.6 is 11.3 Å². The van der Waals surface area contributed by atoms with Gasteiger partial charge in [0.05, 0.1) is 5.56 Å². The van der Waals surface area contributed by atoms with Crippen molar-refractivity contribution in [2.24, 2.45) is 0 Å². The number of hydrogen-bond donors (Lipinski definition) is 3. The van der Waals surface area contributed by atoms with Gasteiger partial charge in [0.2, 0.25) is 5.78 Å². The molecule has 0 saturated carbocycles. The minimum atomic E-state index is -0.931. The first-order valence-electron chi connectivity index (χ1n) is 9.95. The Morgan fingerprint density at radius 1 is 1.13 bits per heavy atom. The summed E-state index contributed by atoms with van der Waals surface area (Å²) in [6.45, 7) is 6.19. The number of aromatic nitrogens is 1. The van der Waals surface area contributed by atoms with Crippen molar-refractivity contribution in [1.82, 2.24) is 10.3 Å². The van der Waals surface area contributed by atoms with Crippen LogP contribution in [0.1, 0.15) is 29.1 Å². The van der Waals surface area contributed by atoms with E-state index in [1.165, 1.54) is 6.07 Å². The first-order valence-corrected chi connectivity index (χ1v) is 10.8. The molecule has 31 heavy (non-hydrogen) atoms. The summed E-state index contributed by atoms with van der Waals surface area (Å²) in [6, 6.07) is 12.0. The predicted octanol–water partition coefficient (Wildman–Crippen LogP) is 4.16. The van der Waals surface area contributed by atoms with Gasteiger partial charge in [-0.1, -0.05) is 17.4 Å². The van der Waals surface area contributed by atoms with Crippen molar-refractivity contribution in [3.63, 3.8) is 0 Å². The summed E-state index contributed by atoms with van der Waals surface area (Å²) in [4.78, 5) is 19.1. The summed E-state index contributed by atoms with van der Waals surface area (Å²) in [5.41, 5.74) is 7.12. The second-order valence-electron chi connectivity index (χ2n) is 7.70. The molecule has 0 radical (unpaired) electrons. The van der Waals surface area contributed by atoms with Crippen molar-refractivity contribution in [2.75, 3.05) is 29.0 Å². The van der Waals surface area contributed by atoms with E-state index in [9.17, 15) is 13.6 Å². The van der Waals surface area contributed by atoms with Crippen molar-refractivity contribution in [3.05, 3.63) is 64.5 Å². The molecule has 6 nitrogen and oxygen atoms in total. The third-order valence-electron chi connectivity index (χ3n) is 5.09. The van der Waals surface area contributed by atoms with E-state index in [0.717, 1.165) is 47.9 Å². The summed E-state index contributed by atoms with van der Waals surface area (Å²) in [7, 11) is 0. The van der Waals surface area contributed by atoms with Crippen LogP contribution in [0.5, 0.6) is 0 Å². The van der Waals surface area contributed by atoms with Gasteiger partial charge in [0.1, 0.15) is 22.3 Å². The maximum absolute atomic E-state index is 14.0. The minimum absolute atomic E-state index is 0.00749. The molecule has 1 aromatic heterocycles. The molecule has 1 saturated heterocycles. The first kappa shape index (κ1) is 21.2. The third-order valence-corrected chi connectivity index (χ3v) is 6.08. The number of ketones is 1. The number of piperazine rings is 1. The lowest BCUT2D eigenvalue weighted by atomic mass is 10.1. The van der Waals surface area contributed by atoms with E-state index in [2.05, 4.69) is 34.4 Å². The molecule has 3 aromatic rings. The number of anilines is 4. The lowest BCUT2D eigenvalue weighted by molar-refractivity contribution is 0.103. The first-order chi connectivity index (χ1) is 14.8. The van der Waals surface area contributed by atoms with Crippen molar-refractivity contribution in [1.29, 1.82) is 0 Å². The smallest absolute Gasteiger partial charge is 0.212 e. The summed E-state index contributed by atoms with van der Waals surface area (Å²) >= 11 is 0.959. The molecule has 0 spiro atoms. The van der Waals surface area contributed by atoms with Crippen molar-refractivity contribution in [2.45, 2.75) is 25.9 Å². The van der Waals surface area contributed by atoms with Gasteiger partial charge in [-0.2, -0.15) is 0 Å². The van der Waals surface area contributed by atoms with Crippen molar-refractivity contribution in [3.8, 4) is 0 Å². The number of halogens is 2. The Kier molecular flexibility index (Phi) is 5.88. The third kappa shape index (κ3) is 4.52. The average Bonchev–Trinajstić information content (AvgIpc) is 3.07. The zero-order valence-electron chi connectivity index (χ0n) is 17.2. The molecular weight excluding hydrogens is 420 g/mol. The number of thiazole rings is 1. The molecule has 1 fully saturated rings. The van der Waals surface area contributed by atoms with Crippen LogP contribution in [0.3, 0.4) is 0 Å². The molecule has 1 aliphatic rings. The second kappa shape index (κ2) is 8.60. The lowest BCUT2D eigenvalue weighted by Crippen LogP contribution is -2.54. The van der Waals surface area contributed by atoms with E-state index in [0.29, 0.717) is 17.2 Å². The van der Waals surface area contributed by atoms with Gasteiger partial charge < -0.3 is 21.3 Å². The number of carbonyl (C=O) groups is 1. The zero-order valence-corrected chi connectivity index (χ0v) is 18.0. The minimum Gasteiger partial charge on any atom is -0.382 e. The fourth-order valence-electron chi connectivity index (χ4n) is 3.79. The standard InChI is InChI=1S/C22H23F2N5OS/c1-12-10-29(11-13(2)26-12)15-8-6-14(7-9-15)27-22-28-21(25)20(31-22)19(30)18-16(23)4-3-5-17(18)24/h3-9,12-13,26H,10-11,25H2,1-2H3,(H,27,28)/t12-,13+. The number of carbonyl (C=O) groups excluding carboxylic acids is 1. The zero-order chi connectivity index (χ0) is 22.1. The number of nitrogen functional groups attached to an aromatic ring is 1. The van der Waals surface area contributed by atoms with E-state index >= 15 is 0 Å². The van der Waals surface area contributed by atoms with Gasteiger partial charge in [-0.25, -0.2) is 13.8 Å². The van der Waals surface area contributed by atoms with Crippen molar-refractivity contribution >= 4 is 39.4 Å². The SMILES string of the molecule is C[C@@H]1CN(c2ccc(Nc3nc(N)c(C(=O)c4c(F)cccc4F)s3)cc2)C[C@H](C)N1. The largest absolute Gasteiger partial charge is 0.382 e. The molecule has 1 aliphatic heterocycles. The topological polar surface area (TPSA) is 83.3 Å².